The van der Waals surface area contributed by atoms with Gasteiger partial charge in [0.2, 0.25) is 0 Å². The van der Waals surface area contributed by atoms with E-state index in [1.165, 1.54) is 15.9 Å². The van der Waals surface area contributed by atoms with Crippen LogP contribution in [-0.4, -0.2) is 43.2 Å². The molecule has 0 unspecified atom stereocenters. The number of hydrogen-bond acceptors (Lipinski definition) is 3. The van der Waals surface area contributed by atoms with Crippen LogP contribution in [0.4, 0.5) is 0 Å². The molecule has 3 aromatic carbocycles. The van der Waals surface area contributed by atoms with Gasteiger partial charge in [-0.3, -0.25) is 0 Å². The first-order valence-electron chi connectivity index (χ1n) is 7.02. The Hall–Kier alpha value is -0.540. The molecule has 0 aromatic heterocycles. The summed E-state index contributed by atoms with van der Waals surface area (Å²) < 4.78 is 8.52. The topological polar surface area (TPSA) is 94.7 Å². The molecule has 0 aliphatic carbocycles. The van der Waals surface area contributed by atoms with Gasteiger partial charge in [0.15, 0.2) is 0 Å². The Kier molecular flexibility index (Phi) is 13.3. The second-order valence-corrected chi connectivity index (χ2v) is 7.31. The van der Waals surface area contributed by atoms with Gasteiger partial charge in [0.25, 0.3) is 0 Å². The molecular formula is C18H18CaO4P2. The van der Waals surface area contributed by atoms with Crippen molar-refractivity contribution in [1.82, 2.24) is 0 Å². The smallest absolute Gasteiger partial charge is 0.813 e. The molecule has 2 N–H and O–H groups in total. The van der Waals surface area contributed by atoms with E-state index in [4.69, 9.17) is 14.4 Å². The van der Waals surface area contributed by atoms with Crippen LogP contribution in [-0.2, 0) is 4.57 Å². The van der Waals surface area contributed by atoms with Crippen LogP contribution in [0.25, 0.3) is 0 Å². The van der Waals surface area contributed by atoms with Crippen molar-refractivity contribution in [2.45, 2.75) is 0 Å². The number of rotatable bonds is 3. The minimum absolute atomic E-state index is 0. The molecule has 3 rings (SSSR count). The number of hydrogen-bond donors (Lipinski definition) is 0. The molecule has 7 heteroatoms. The molecule has 0 radical (unpaired) electrons. The maximum atomic E-state index is 8.52. The van der Waals surface area contributed by atoms with Crippen molar-refractivity contribution in [1.29, 1.82) is 0 Å². The van der Waals surface area contributed by atoms with Crippen molar-refractivity contribution in [3.8, 4) is 0 Å². The van der Waals surface area contributed by atoms with Gasteiger partial charge in [-0.15, -0.1) is 0 Å². The van der Waals surface area contributed by atoms with Crippen molar-refractivity contribution in [3.05, 3.63) is 91.0 Å². The zero-order valence-electron chi connectivity index (χ0n) is 13.5. The largest absolute Gasteiger partial charge is 2.00 e. The Balaban J connectivity index is 0.000000874. The van der Waals surface area contributed by atoms with Crippen molar-refractivity contribution < 1.29 is 19.8 Å². The van der Waals surface area contributed by atoms with E-state index in [2.05, 4.69) is 91.0 Å². The van der Waals surface area contributed by atoms with Gasteiger partial charge in [0.05, 0.1) is 0 Å². The molecule has 0 fully saturated rings. The molecule has 0 atom stereocenters. The molecule has 0 aliphatic heterocycles. The monoisotopic (exact) mass is 400 g/mol. The Morgan fingerprint density at radius 3 is 1.00 bits per heavy atom. The average Bonchev–Trinajstić information content (AvgIpc) is 2.58. The summed E-state index contributed by atoms with van der Waals surface area (Å²) in [4.78, 5) is 17.0. The molecule has 0 saturated heterocycles. The van der Waals surface area contributed by atoms with Gasteiger partial charge in [-0.2, -0.15) is 0 Å². The number of benzene rings is 3. The van der Waals surface area contributed by atoms with E-state index in [9.17, 15) is 0 Å². The Bertz CT molecular complexity index is 630. The minimum atomic E-state index is -3.63. The van der Waals surface area contributed by atoms with Crippen molar-refractivity contribution in [3.63, 3.8) is 0 Å². The third-order valence-corrected chi connectivity index (χ3v) is 5.49. The Morgan fingerprint density at radius 1 is 0.600 bits per heavy atom. The first-order valence-corrected chi connectivity index (χ1v) is 9.58. The fourth-order valence-corrected chi connectivity index (χ4v) is 4.48. The maximum Gasteiger partial charge on any atom is 2.00 e. The van der Waals surface area contributed by atoms with Gasteiger partial charge in [-0.25, -0.2) is 0 Å². The van der Waals surface area contributed by atoms with Gasteiger partial charge in [0, 0.05) is 0 Å². The molecule has 0 heterocycles. The van der Waals surface area contributed by atoms with Crippen LogP contribution in [0.15, 0.2) is 91.0 Å². The first kappa shape index (κ1) is 24.5. The molecule has 0 saturated carbocycles. The van der Waals surface area contributed by atoms with Crippen LogP contribution in [0, 0.1) is 0 Å². The predicted octanol–water partition coefficient (Wildman–Crippen LogP) is 0.336. The zero-order chi connectivity index (χ0) is 16.5. The van der Waals surface area contributed by atoms with Gasteiger partial charge in [0.1, 0.15) is 0 Å². The van der Waals surface area contributed by atoms with E-state index in [1.54, 1.807) is 0 Å². The zero-order valence-corrected chi connectivity index (χ0v) is 17.6. The van der Waals surface area contributed by atoms with Gasteiger partial charge in [-0.1, -0.05) is 99.3 Å². The first-order chi connectivity index (χ1) is 11.2. The summed E-state index contributed by atoms with van der Waals surface area (Å²) in [5, 5.41) is 4.19. The molecule has 0 spiro atoms. The van der Waals surface area contributed by atoms with E-state index in [0.29, 0.717) is 0 Å². The van der Waals surface area contributed by atoms with Gasteiger partial charge >= 0.3 is 37.7 Å². The van der Waals surface area contributed by atoms with Gasteiger partial charge in [-0.05, 0) is 23.8 Å². The molecule has 0 aliphatic rings. The normalized spacial score (nSPS) is 9.44. The van der Waals surface area contributed by atoms with Crippen molar-refractivity contribution in [2.75, 3.05) is 0 Å². The van der Waals surface area contributed by atoms with Crippen LogP contribution in [0.2, 0.25) is 0 Å². The summed E-state index contributed by atoms with van der Waals surface area (Å²) in [5.41, 5.74) is 0. The van der Waals surface area contributed by atoms with E-state index in [1.807, 2.05) is 0 Å². The molecule has 0 bridgehead atoms. The van der Waals surface area contributed by atoms with E-state index in [-0.39, 0.29) is 43.2 Å². The van der Waals surface area contributed by atoms with Gasteiger partial charge < -0.3 is 19.8 Å². The van der Waals surface area contributed by atoms with Crippen LogP contribution in [0.1, 0.15) is 0 Å². The van der Waals surface area contributed by atoms with E-state index in [0.717, 1.165) is 0 Å². The summed E-state index contributed by atoms with van der Waals surface area (Å²) in [5.74, 6) is 0. The summed E-state index contributed by atoms with van der Waals surface area (Å²) in [6.45, 7) is 0. The molecule has 3 aromatic rings. The van der Waals surface area contributed by atoms with Crippen LogP contribution >= 0.6 is 16.2 Å². The standard InChI is InChI=1S/C18H15P.Ca.H3O3P.H2O/c1-4-10-16(11-5-1)19(17-12-6-2-7-13-17)18-14-8-3-9-15-18;;1-4(2)3;/h1-15H;;4H,(H2,1,2,3);1H2/q;+2;;/p-2. The van der Waals surface area contributed by atoms with Crippen LogP contribution in [0.3, 0.4) is 0 Å². The SMILES string of the molecule is O.O=[PH]([O-])[O-].[Ca+2].c1ccc(P(c2ccccc2)c2ccccc2)cc1. The van der Waals surface area contributed by atoms with Crippen molar-refractivity contribution in [2.24, 2.45) is 0 Å². The second kappa shape index (κ2) is 13.6. The van der Waals surface area contributed by atoms with Crippen LogP contribution in [0.5, 0.6) is 0 Å². The van der Waals surface area contributed by atoms with E-state index < -0.39 is 16.2 Å². The Morgan fingerprint density at radius 2 is 0.800 bits per heavy atom. The summed E-state index contributed by atoms with van der Waals surface area (Å²) in [7, 11) is -4.08. The summed E-state index contributed by atoms with van der Waals surface area (Å²) in [6, 6.07) is 32.3. The average molecular weight is 400 g/mol. The second-order valence-electron chi connectivity index (χ2n) is 4.59. The Labute approximate surface area is 179 Å². The molecular weight excluding hydrogens is 382 g/mol. The van der Waals surface area contributed by atoms with Crippen molar-refractivity contribution >= 4 is 69.8 Å². The molecule has 0 amide bonds. The predicted molar refractivity (Wildman–Crippen MR) is 104 cm³/mol. The maximum absolute atomic E-state index is 8.52. The molecule has 4 nitrogen and oxygen atoms in total. The quantitative estimate of drug-likeness (QED) is 0.469. The summed E-state index contributed by atoms with van der Waals surface area (Å²) in [6.07, 6.45) is 0. The minimum Gasteiger partial charge on any atom is -0.813 e. The fraction of sp³-hybridized carbons (Fsp3) is 0. The fourth-order valence-electron chi connectivity index (χ4n) is 2.18. The third-order valence-electron chi connectivity index (χ3n) is 3.04. The summed E-state index contributed by atoms with van der Waals surface area (Å²) >= 11 is 0. The molecule has 25 heavy (non-hydrogen) atoms. The third kappa shape index (κ3) is 8.59. The van der Waals surface area contributed by atoms with Crippen LogP contribution < -0.4 is 25.7 Å². The van der Waals surface area contributed by atoms with E-state index >= 15 is 0 Å². The molecule has 126 valence electrons.